The summed E-state index contributed by atoms with van der Waals surface area (Å²) in [6.07, 6.45) is 2.20. The van der Waals surface area contributed by atoms with Crippen molar-refractivity contribution < 1.29 is 13.9 Å². The fourth-order valence-electron chi connectivity index (χ4n) is 2.63. The first kappa shape index (κ1) is 16.7. The molecule has 0 fully saturated rings. The van der Waals surface area contributed by atoms with Gasteiger partial charge in [0.05, 0.1) is 17.5 Å². The van der Waals surface area contributed by atoms with Crippen LogP contribution in [0.2, 0.25) is 0 Å². The molecule has 0 saturated carbocycles. The maximum absolute atomic E-state index is 12.9. The van der Waals surface area contributed by atoms with Crippen LogP contribution in [0.1, 0.15) is 21.9 Å². The normalized spacial score (nSPS) is 11.9. The van der Waals surface area contributed by atoms with Gasteiger partial charge in [-0.3, -0.25) is 0 Å². The van der Waals surface area contributed by atoms with Crippen molar-refractivity contribution in [2.24, 2.45) is 5.92 Å². The van der Waals surface area contributed by atoms with Gasteiger partial charge in [-0.05, 0) is 43.2 Å². The smallest absolute Gasteiger partial charge is 0.359 e. The zero-order valence-electron chi connectivity index (χ0n) is 13.6. The number of aromatic nitrogens is 2. The molecule has 5 nitrogen and oxygen atoms in total. The van der Waals surface area contributed by atoms with E-state index < -0.39 is 11.9 Å². The molecule has 0 aliphatic carbocycles. The third-order valence-corrected chi connectivity index (χ3v) is 3.91. The number of aryl methyl sites for hydroxylation is 1. The number of imidazole rings is 1. The van der Waals surface area contributed by atoms with E-state index in [4.69, 9.17) is 4.74 Å². The van der Waals surface area contributed by atoms with Gasteiger partial charge in [-0.15, -0.1) is 0 Å². The van der Waals surface area contributed by atoms with Crippen molar-refractivity contribution in [2.75, 3.05) is 6.61 Å². The highest BCUT2D eigenvalue weighted by Crippen LogP contribution is 2.15. The van der Waals surface area contributed by atoms with Crippen molar-refractivity contribution >= 4 is 11.5 Å². The minimum absolute atomic E-state index is 0.0440. The summed E-state index contributed by atoms with van der Waals surface area (Å²) in [5, 5.41) is 9.27. The number of nitrogens with zero attached hydrogens (tertiary/aromatic N) is 3. The molecule has 1 atom stereocenters. The third kappa shape index (κ3) is 3.66. The highest BCUT2D eigenvalue weighted by Gasteiger charge is 2.19. The lowest BCUT2D eigenvalue weighted by Crippen LogP contribution is -2.15. The molecule has 2 aromatic heterocycles. The molecule has 3 aromatic rings. The largest absolute Gasteiger partial charge is 0.459 e. The number of halogens is 1. The van der Waals surface area contributed by atoms with Gasteiger partial charge in [0.15, 0.2) is 5.69 Å². The lowest BCUT2D eigenvalue weighted by atomic mass is 10.0. The monoisotopic (exact) mass is 337 g/mol. The molecule has 0 amide bonds. The number of hydrogen-bond donors (Lipinski definition) is 0. The van der Waals surface area contributed by atoms with Gasteiger partial charge in [-0.2, -0.15) is 5.26 Å². The molecular formula is C19H16FN3O2. The molecule has 25 heavy (non-hydrogen) atoms. The molecule has 0 spiro atoms. The van der Waals surface area contributed by atoms with Crippen molar-refractivity contribution in [2.45, 2.75) is 13.3 Å². The molecule has 0 aliphatic rings. The van der Waals surface area contributed by atoms with Crippen LogP contribution in [-0.2, 0) is 11.2 Å². The molecule has 126 valence electrons. The fraction of sp³-hybridized carbons (Fsp3) is 0.211. The van der Waals surface area contributed by atoms with Crippen LogP contribution in [0.4, 0.5) is 4.39 Å². The zero-order valence-corrected chi connectivity index (χ0v) is 13.6. The molecule has 0 bridgehead atoms. The van der Waals surface area contributed by atoms with Crippen LogP contribution in [0, 0.1) is 30.0 Å². The Kier molecular flexibility index (Phi) is 4.75. The second-order valence-corrected chi connectivity index (χ2v) is 5.72. The van der Waals surface area contributed by atoms with Crippen LogP contribution >= 0.6 is 0 Å². The third-order valence-electron chi connectivity index (χ3n) is 3.91. The van der Waals surface area contributed by atoms with E-state index in [1.165, 1.54) is 12.1 Å². The molecule has 0 unspecified atom stereocenters. The van der Waals surface area contributed by atoms with E-state index in [9.17, 15) is 14.4 Å². The molecule has 1 aromatic carbocycles. The minimum Gasteiger partial charge on any atom is -0.459 e. The lowest BCUT2D eigenvalue weighted by Gasteiger charge is -2.09. The van der Waals surface area contributed by atoms with Gasteiger partial charge >= 0.3 is 5.97 Å². The Labute approximate surface area is 144 Å². The molecule has 0 aliphatic heterocycles. The Morgan fingerprint density at radius 1 is 1.32 bits per heavy atom. The Balaban J connectivity index is 1.68. The number of carbonyl (C=O) groups excluding carboxylic acids is 1. The van der Waals surface area contributed by atoms with Crippen molar-refractivity contribution in [1.29, 1.82) is 5.26 Å². The van der Waals surface area contributed by atoms with Crippen molar-refractivity contribution in [3.8, 4) is 6.07 Å². The number of hydrogen-bond acceptors (Lipinski definition) is 4. The maximum Gasteiger partial charge on any atom is 0.359 e. The summed E-state index contributed by atoms with van der Waals surface area (Å²) in [6, 6.07) is 13.5. The van der Waals surface area contributed by atoms with Gasteiger partial charge in [0.1, 0.15) is 18.2 Å². The van der Waals surface area contributed by atoms with Gasteiger partial charge in [-0.1, -0.05) is 18.2 Å². The predicted molar refractivity (Wildman–Crippen MR) is 89.4 cm³/mol. The van der Waals surface area contributed by atoms with Gasteiger partial charge in [0, 0.05) is 6.20 Å². The van der Waals surface area contributed by atoms with E-state index in [0.29, 0.717) is 17.8 Å². The molecular weight excluding hydrogens is 321 g/mol. The van der Waals surface area contributed by atoms with Gasteiger partial charge in [-0.25, -0.2) is 14.2 Å². The summed E-state index contributed by atoms with van der Waals surface area (Å²) in [5.41, 5.74) is 1.71. The van der Waals surface area contributed by atoms with E-state index in [1.807, 2.05) is 18.3 Å². The summed E-state index contributed by atoms with van der Waals surface area (Å²) >= 11 is 0. The first-order valence-corrected chi connectivity index (χ1v) is 7.83. The van der Waals surface area contributed by atoms with Crippen molar-refractivity contribution in [3.05, 3.63) is 71.6 Å². The van der Waals surface area contributed by atoms with Crippen LogP contribution in [-0.4, -0.2) is 22.0 Å². The molecule has 0 saturated heterocycles. The van der Waals surface area contributed by atoms with Crippen LogP contribution in [0.5, 0.6) is 0 Å². The van der Waals surface area contributed by atoms with Crippen LogP contribution in [0.15, 0.2) is 48.7 Å². The van der Waals surface area contributed by atoms with Crippen LogP contribution < -0.4 is 0 Å². The van der Waals surface area contributed by atoms with E-state index in [0.717, 1.165) is 5.56 Å². The Bertz CT molecular complexity index is 941. The molecule has 6 heteroatoms. The summed E-state index contributed by atoms with van der Waals surface area (Å²) < 4.78 is 20.0. The fourth-order valence-corrected chi connectivity index (χ4v) is 2.63. The Hall–Kier alpha value is -3.20. The number of esters is 1. The standard InChI is InChI=1S/C19H16FN3O2/c1-13-22-18(17-4-2-3-9-23(13)17)19(24)25-12-15(11-21)10-14-5-7-16(20)8-6-14/h2-9,15H,10,12H2,1H3/t15-/m1/s1. The van der Waals surface area contributed by atoms with E-state index in [1.54, 1.807) is 29.5 Å². The molecule has 2 heterocycles. The summed E-state index contributed by atoms with van der Waals surface area (Å²) in [4.78, 5) is 16.6. The number of fused-ring (bicyclic) bond motifs is 1. The maximum atomic E-state index is 12.9. The number of pyridine rings is 1. The van der Waals surface area contributed by atoms with Crippen LogP contribution in [0.25, 0.3) is 5.52 Å². The number of ether oxygens (including phenoxy) is 1. The average Bonchev–Trinajstić information content (AvgIpc) is 2.97. The van der Waals surface area contributed by atoms with E-state index >= 15 is 0 Å². The highest BCUT2D eigenvalue weighted by molar-refractivity contribution is 5.95. The average molecular weight is 337 g/mol. The Morgan fingerprint density at radius 2 is 2.08 bits per heavy atom. The van der Waals surface area contributed by atoms with Gasteiger partial charge in [0.2, 0.25) is 0 Å². The first-order chi connectivity index (χ1) is 12.1. The zero-order chi connectivity index (χ0) is 17.8. The quantitative estimate of drug-likeness (QED) is 0.670. The highest BCUT2D eigenvalue weighted by atomic mass is 19.1. The van der Waals surface area contributed by atoms with Crippen LogP contribution in [0.3, 0.4) is 0 Å². The number of nitriles is 1. The van der Waals surface area contributed by atoms with Crippen molar-refractivity contribution in [1.82, 2.24) is 9.38 Å². The summed E-state index contributed by atoms with van der Waals surface area (Å²) in [6.45, 7) is 1.76. The molecule has 0 N–H and O–H groups in total. The molecule has 0 radical (unpaired) electrons. The summed E-state index contributed by atoms with van der Waals surface area (Å²) in [5.74, 6) is -0.711. The number of benzene rings is 1. The lowest BCUT2D eigenvalue weighted by molar-refractivity contribution is 0.0464. The topological polar surface area (TPSA) is 67.4 Å². The SMILES string of the molecule is Cc1nc(C(=O)OC[C@@H](C#N)Cc2ccc(F)cc2)c2ccccn12. The first-order valence-electron chi connectivity index (χ1n) is 7.83. The minimum atomic E-state index is -0.559. The van der Waals surface area contributed by atoms with E-state index in [2.05, 4.69) is 11.1 Å². The Morgan fingerprint density at radius 3 is 2.80 bits per heavy atom. The second-order valence-electron chi connectivity index (χ2n) is 5.72. The van der Waals surface area contributed by atoms with Gasteiger partial charge < -0.3 is 9.14 Å². The van der Waals surface area contributed by atoms with E-state index in [-0.39, 0.29) is 18.1 Å². The predicted octanol–water partition coefficient (Wildman–Crippen LogP) is 3.32. The second kappa shape index (κ2) is 7.14. The number of carbonyl (C=O) groups is 1. The number of rotatable bonds is 5. The summed E-state index contributed by atoms with van der Waals surface area (Å²) in [7, 11) is 0. The van der Waals surface area contributed by atoms with Gasteiger partial charge in [0.25, 0.3) is 0 Å². The molecule has 3 rings (SSSR count). The van der Waals surface area contributed by atoms with Crippen molar-refractivity contribution in [3.63, 3.8) is 0 Å².